The van der Waals surface area contributed by atoms with Crippen LogP contribution in [0.25, 0.3) is 0 Å². The molecule has 0 aromatic rings. The predicted octanol–water partition coefficient (Wildman–Crippen LogP) is 1.38. The van der Waals surface area contributed by atoms with Gasteiger partial charge < -0.3 is 15.0 Å². The van der Waals surface area contributed by atoms with Crippen molar-refractivity contribution in [3.05, 3.63) is 0 Å². The zero-order valence-corrected chi connectivity index (χ0v) is 11.3. The Labute approximate surface area is 105 Å². The fraction of sp³-hybridized carbons (Fsp3) is 0.923. The molecule has 1 aliphatic carbocycles. The summed E-state index contributed by atoms with van der Waals surface area (Å²) in [5.41, 5.74) is -0.307. The largest absolute Gasteiger partial charge is 0.385 e. The summed E-state index contributed by atoms with van der Waals surface area (Å²) in [4.78, 5) is 2.38. The summed E-state index contributed by atoms with van der Waals surface area (Å²) >= 11 is 0. The Morgan fingerprint density at radius 3 is 2.94 bits per heavy atom. The lowest BCUT2D eigenvalue weighted by Gasteiger charge is -2.39. The van der Waals surface area contributed by atoms with E-state index in [0.717, 1.165) is 38.8 Å². The molecule has 17 heavy (non-hydrogen) atoms. The number of methoxy groups -OCH3 is 1. The first-order valence-corrected chi connectivity index (χ1v) is 6.47. The molecule has 1 fully saturated rings. The third-order valence-electron chi connectivity index (χ3n) is 3.90. The van der Waals surface area contributed by atoms with E-state index in [9.17, 15) is 5.26 Å². The van der Waals surface area contributed by atoms with Gasteiger partial charge in [-0.2, -0.15) is 5.26 Å². The summed E-state index contributed by atoms with van der Waals surface area (Å²) in [5.74, 6) is 0. The minimum atomic E-state index is -0.307. The molecular formula is C13H25N3O. The molecule has 0 heterocycles. The summed E-state index contributed by atoms with van der Waals surface area (Å²) in [6.07, 6.45) is 5.30. The van der Waals surface area contributed by atoms with Crippen LogP contribution in [0.5, 0.6) is 0 Å². The van der Waals surface area contributed by atoms with E-state index < -0.39 is 0 Å². The van der Waals surface area contributed by atoms with Crippen LogP contribution in [-0.2, 0) is 4.74 Å². The van der Waals surface area contributed by atoms with Crippen LogP contribution in [0.4, 0.5) is 0 Å². The number of nitrogens with zero attached hydrogens (tertiary/aromatic N) is 2. The molecule has 2 unspecified atom stereocenters. The highest BCUT2D eigenvalue weighted by atomic mass is 16.5. The first-order valence-electron chi connectivity index (χ1n) is 6.47. The smallest absolute Gasteiger partial charge is 0.108 e. The molecule has 98 valence electrons. The van der Waals surface area contributed by atoms with E-state index in [-0.39, 0.29) is 5.54 Å². The number of nitriles is 1. The SMILES string of the molecule is CNC1(C#N)CCCC(N(C)CCCOC)C1. The van der Waals surface area contributed by atoms with Gasteiger partial charge in [-0.05, 0) is 46.2 Å². The number of ether oxygens (including phenoxy) is 1. The van der Waals surface area contributed by atoms with Crippen molar-refractivity contribution in [2.75, 3.05) is 34.4 Å². The molecule has 0 radical (unpaired) electrons. The third-order valence-corrected chi connectivity index (χ3v) is 3.90. The number of nitrogens with one attached hydrogen (secondary N) is 1. The molecule has 1 N–H and O–H groups in total. The van der Waals surface area contributed by atoms with E-state index >= 15 is 0 Å². The van der Waals surface area contributed by atoms with Gasteiger partial charge in [0.25, 0.3) is 0 Å². The van der Waals surface area contributed by atoms with Crippen LogP contribution in [0.1, 0.15) is 32.1 Å². The van der Waals surface area contributed by atoms with Crippen molar-refractivity contribution in [3.8, 4) is 6.07 Å². The Hall–Kier alpha value is -0.630. The molecule has 0 aliphatic heterocycles. The molecule has 0 spiro atoms. The fourth-order valence-electron chi connectivity index (χ4n) is 2.65. The van der Waals surface area contributed by atoms with Crippen molar-refractivity contribution in [2.24, 2.45) is 0 Å². The van der Waals surface area contributed by atoms with Gasteiger partial charge in [0.05, 0.1) is 6.07 Å². The third kappa shape index (κ3) is 3.95. The second-order valence-corrected chi connectivity index (χ2v) is 5.02. The molecule has 0 aromatic heterocycles. The van der Waals surface area contributed by atoms with Crippen molar-refractivity contribution in [2.45, 2.75) is 43.7 Å². The van der Waals surface area contributed by atoms with Crippen LogP contribution in [0.15, 0.2) is 0 Å². The number of rotatable bonds is 6. The van der Waals surface area contributed by atoms with Gasteiger partial charge >= 0.3 is 0 Å². The van der Waals surface area contributed by atoms with Gasteiger partial charge in [-0.1, -0.05) is 0 Å². The zero-order chi connectivity index (χ0) is 12.7. The number of hydrogen-bond acceptors (Lipinski definition) is 4. The van der Waals surface area contributed by atoms with E-state index in [1.165, 1.54) is 6.42 Å². The van der Waals surface area contributed by atoms with Gasteiger partial charge in [0.2, 0.25) is 0 Å². The molecule has 0 saturated heterocycles. The zero-order valence-electron chi connectivity index (χ0n) is 11.3. The molecule has 1 saturated carbocycles. The highest BCUT2D eigenvalue weighted by Crippen LogP contribution is 2.30. The lowest BCUT2D eigenvalue weighted by molar-refractivity contribution is 0.128. The Balaban J connectivity index is 2.46. The first-order chi connectivity index (χ1) is 8.17. The molecular weight excluding hydrogens is 214 g/mol. The Morgan fingerprint density at radius 2 is 2.35 bits per heavy atom. The fourth-order valence-corrected chi connectivity index (χ4v) is 2.65. The standard InChI is InChI=1S/C13H25N3O/c1-15-13(11-14)7-4-6-12(10-13)16(2)8-5-9-17-3/h12,15H,4-10H2,1-3H3. The quantitative estimate of drug-likeness (QED) is 0.711. The van der Waals surface area contributed by atoms with Gasteiger partial charge in [0.15, 0.2) is 0 Å². The van der Waals surface area contributed by atoms with Gasteiger partial charge in [0.1, 0.15) is 5.54 Å². The van der Waals surface area contributed by atoms with Gasteiger partial charge in [-0.15, -0.1) is 0 Å². The first kappa shape index (κ1) is 14.4. The molecule has 2 atom stereocenters. The summed E-state index contributed by atoms with van der Waals surface area (Å²) < 4.78 is 5.07. The Morgan fingerprint density at radius 1 is 1.59 bits per heavy atom. The van der Waals surface area contributed by atoms with Crippen molar-refractivity contribution >= 4 is 0 Å². The van der Waals surface area contributed by atoms with Gasteiger partial charge in [-0.25, -0.2) is 0 Å². The van der Waals surface area contributed by atoms with Crippen LogP contribution >= 0.6 is 0 Å². The Bertz CT molecular complexity index is 264. The summed E-state index contributed by atoms with van der Waals surface area (Å²) in [5, 5.41) is 12.5. The predicted molar refractivity (Wildman–Crippen MR) is 68.8 cm³/mol. The topological polar surface area (TPSA) is 48.3 Å². The highest BCUT2D eigenvalue weighted by Gasteiger charge is 2.36. The highest BCUT2D eigenvalue weighted by molar-refractivity contribution is 5.10. The van der Waals surface area contributed by atoms with Crippen LogP contribution in [0.2, 0.25) is 0 Å². The van der Waals surface area contributed by atoms with E-state index in [1.54, 1.807) is 7.11 Å². The monoisotopic (exact) mass is 239 g/mol. The molecule has 0 amide bonds. The molecule has 0 bridgehead atoms. The summed E-state index contributed by atoms with van der Waals surface area (Å²) in [6.45, 7) is 1.86. The van der Waals surface area contributed by atoms with E-state index in [0.29, 0.717) is 6.04 Å². The molecule has 4 nitrogen and oxygen atoms in total. The minimum absolute atomic E-state index is 0.307. The van der Waals surface area contributed by atoms with Crippen LogP contribution in [0, 0.1) is 11.3 Å². The molecule has 0 aromatic carbocycles. The van der Waals surface area contributed by atoms with E-state index in [2.05, 4.69) is 23.3 Å². The van der Waals surface area contributed by atoms with Crippen molar-refractivity contribution in [1.82, 2.24) is 10.2 Å². The van der Waals surface area contributed by atoms with Crippen LogP contribution in [-0.4, -0.2) is 50.8 Å². The van der Waals surface area contributed by atoms with Crippen LogP contribution < -0.4 is 5.32 Å². The van der Waals surface area contributed by atoms with Crippen LogP contribution in [0.3, 0.4) is 0 Å². The lowest BCUT2D eigenvalue weighted by atomic mass is 9.79. The summed E-state index contributed by atoms with van der Waals surface area (Å²) in [6, 6.07) is 2.98. The maximum atomic E-state index is 9.30. The van der Waals surface area contributed by atoms with Gasteiger partial charge in [-0.3, -0.25) is 0 Å². The minimum Gasteiger partial charge on any atom is -0.385 e. The van der Waals surface area contributed by atoms with Crippen molar-refractivity contribution in [1.29, 1.82) is 5.26 Å². The normalized spacial score (nSPS) is 29.2. The Kier molecular flexibility index (Phi) is 5.90. The molecule has 1 rings (SSSR count). The van der Waals surface area contributed by atoms with E-state index in [4.69, 9.17) is 4.74 Å². The second-order valence-electron chi connectivity index (χ2n) is 5.02. The maximum absolute atomic E-state index is 9.30. The van der Waals surface area contributed by atoms with Gasteiger partial charge in [0, 0.05) is 26.3 Å². The number of hydrogen-bond donors (Lipinski definition) is 1. The maximum Gasteiger partial charge on any atom is 0.108 e. The average Bonchev–Trinajstić information content (AvgIpc) is 2.39. The van der Waals surface area contributed by atoms with Crippen molar-refractivity contribution in [3.63, 3.8) is 0 Å². The van der Waals surface area contributed by atoms with Crippen molar-refractivity contribution < 1.29 is 4.74 Å². The summed E-state index contributed by atoms with van der Waals surface area (Å²) in [7, 11) is 5.79. The second kappa shape index (κ2) is 6.95. The lowest BCUT2D eigenvalue weighted by Crippen LogP contribution is -2.51. The van der Waals surface area contributed by atoms with E-state index in [1.807, 2.05) is 7.05 Å². The average molecular weight is 239 g/mol. The molecule has 4 heteroatoms. The molecule has 1 aliphatic rings.